The lowest BCUT2D eigenvalue weighted by molar-refractivity contribution is -0.140. The summed E-state index contributed by atoms with van der Waals surface area (Å²) in [6.45, 7) is 3.37. The van der Waals surface area contributed by atoms with Gasteiger partial charge in [-0.15, -0.1) is 0 Å². The molecule has 1 fully saturated rings. The summed E-state index contributed by atoms with van der Waals surface area (Å²) >= 11 is 0. The van der Waals surface area contributed by atoms with Crippen molar-refractivity contribution in [2.24, 2.45) is 0 Å². The lowest BCUT2D eigenvalue weighted by Gasteiger charge is -2.25. The van der Waals surface area contributed by atoms with Crippen molar-refractivity contribution in [1.82, 2.24) is 9.88 Å². The number of rotatable bonds is 9. The van der Waals surface area contributed by atoms with Crippen molar-refractivity contribution < 1.29 is 24.2 Å². The Morgan fingerprint density at radius 3 is 2.63 bits per heavy atom. The number of hydrogen-bond donors (Lipinski definition) is 1. The number of hydrogen-bond acceptors (Lipinski definition) is 6. The van der Waals surface area contributed by atoms with Crippen LogP contribution in [0.5, 0.6) is 5.75 Å². The molecule has 0 bridgehead atoms. The van der Waals surface area contributed by atoms with Crippen LogP contribution in [0.2, 0.25) is 0 Å². The molecule has 0 aliphatic carbocycles. The molecule has 1 amide bonds. The molecule has 158 valence electrons. The maximum atomic E-state index is 12.9. The number of ether oxygens (including phenoxy) is 2. The maximum absolute atomic E-state index is 12.9. The Bertz CT molecular complexity index is 926. The molecule has 2 aromatic rings. The third-order valence-corrected chi connectivity index (χ3v) is 4.89. The van der Waals surface area contributed by atoms with Crippen LogP contribution in [-0.4, -0.2) is 53.5 Å². The quantitative estimate of drug-likeness (QED) is 0.295. The number of carbonyl (C=O) groups is 2. The minimum atomic E-state index is -0.708. The van der Waals surface area contributed by atoms with Crippen molar-refractivity contribution in [2.45, 2.75) is 25.8 Å². The van der Waals surface area contributed by atoms with Crippen LogP contribution >= 0.6 is 0 Å². The summed E-state index contributed by atoms with van der Waals surface area (Å²) in [5, 5.41) is 10.9. The van der Waals surface area contributed by atoms with Gasteiger partial charge in [-0.3, -0.25) is 14.6 Å². The SMILES string of the molecule is CCCOc1cccc(C2C(=C(O)c3ccncc3)C(=O)C(=O)N2CCCOC)c1. The number of ketones is 1. The van der Waals surface area contributed by atoms with Crippen LogP contribution in [0.3, 0.4) is 0 Å². The Morgan fingerprint density at radius 1 is 1.17 bits per heavy atom. The number of amides is 1. The molecule has 0 saturated carbocycles. The molecule has 30 heavy (non-hydrogen) atoms. The molecule has 1 aliphatic heterocycles. The monoisotopic (exact) mass is 410 g/mol. The highest BCUT2D eigenvalue weighted by molar-refractivity contribution is 6.46. The van der Waals surface area contributed by atoms with Crippen LogP contribution in [0.4, 0.5) is 0 Å². The Kier molecular flexibility index (Phi) is 7.19. The van der Waals surface area contributed by atoms with Crippen LogP contribution in [0, 0.1) is 0 Å². The largest absolute Gasteiger partial charge is 0.507 e. The summed E-state index contributed by atoms with van der Waals surface area (Å²) < 4.78 is 10.8. The topological polar surface area (TPSA) is 89.0 Å². The van der Waals surface area contributed by atoms with Gasteiger partial charge in [-0.25, -0.2) is 0 Å². The number of aliphatic hydroxyl groups excluding tert-OH is 1. The molecule has 1 N–H and O–H groups in total. The normalized spacial score (nSPS) is 18.1. The van der Waals surface area contributed by atoms with Crippen molar-refractivity contribution in [3.05, 3.63) is 65.5 Å². The number of likely N-dealkylation sites (tertiary alicyclic amines) is 1. The fourth-order valence-corrected chi connectivity index (χ4v) is 3.50. The molecule has 3 rings (SSSR count). The van der Waals surface area contributed by atoms with Gasteiger partial charge in [-0.2, -0.15) is 0 Å². The molecule has 7 nitrogen and oxygen atoms in total. The number of benzene rings is 1. The predicted octanol–water partition coefficient (Wildman–Crippen LogP) is 3.33. The first-order valence-electron chi connectivity index (χ1n) is 9.99. The van der Waals surface area contributed by atoms with E-state index in [9.17, 15) is 14.7 Å². The first-order chi connectivity index (χ1) is 14.6. The summed E-state index contributed by atoms with van der Waals surface area (Å²) in [6.07, 6.45) is 4.49. The van der Waals surface area contributed by atoms with E-state index in [1.54, 1.807) is 19.2 Å². The van der Waals surface area contributed by atoms with Gasteiger partial charge < -0.3 is 19.5 Å². The highest BCUT2D eigenvalue weighted by Crippen LogP contribution is 2.40. The third-order valence-electron chi connectivity index (χ3n) is 4.89. The Morgan fingerprint density at radius 2 is 1.93 bits per heavy atom. The summed E-state index contributed by atoms with van der Waals surface area (Å²) in [4.78, 5) is 31.2. The smallest absolute Gasteiger partial charge is 0.295 e. The van der Waals surface area contributed by atoms with Gasteiger partial charge in [0.1, 0.15) is 11.5 Å². The van der Waals surface area contributed by atoms with E-state index in [4.69, 9.17) is 9.47 Å². The van der Waals surface area contributed by atoms with E-state index in [2.05, 4.69) is 4.98 Å². The van der Waals surface area contributed by atoms with Crippen LogP contribution in [0.15, 0.2) is 54.4 Å². The van der Waals surface area contributed by atoms with Gasteiger partial charge in [0.25, 0.3) is 11.7 Å². The minimum absolute atomic E-state index is 0.0660. The maximum Gasteiger partial charge on any atom is 0.295 e. The van der Waals surface area contributed by atoms with E-state index in [0.29, 0.717) is 43.1 Å². The van der Waals surface area contributed by atoms with Crippen molar-refractivity contribution in [3.8, 4) is 5.75 Å². The number of methoxy groups -OCH3 is 1. The molecule has 1 saturated heterocycles. The summed E-state index contributed by atoms with van der Waals surface area (Å²) in [6, 6.07) is 9.80. The fourth-order valence-electron chi connectivity index (χ4n) is 3.50. The van der Waals surface area contributed by atoms with Crippen molar-refractivity contribution in [3.63, 3.8) is 0 Å². The van der Waals surface area contributed by atoms with E-state index in [1.807, 2.05) is 31.2 Å². The molecule has 1 unspecified atom stereocenters. The first kappa shape index (κ1) is 21.5. The average molecular weight is 410 g/mol. The Hall–Kier alpha value is -3.19. The lowest BCUT2D eigenvalue weighted by Crippen LogP contribution is -2.31. The van der Waals surface area contributed by atoms with E-state index in [1.165, 1.54) is 17.3 Å². The molecular weight excluding hydrogens is 384 g/mol. The van der Waals surface area contributed by atoms with Crippen LogP contribution in [0.1, 0.15) is 36.9 Å². The zero-order valence-electron chi connectivity index (χ0n) is 17.2. The van der Waals surface area contributed by atoms with E-state index >= 15 is 0 Å². The lowest BCUT2D eigenvalue weighted by atomic mass is 9.95. The number of aliphatic hydroxyl groups is 1. The number of nitrogens with zero attached hydrogens (tertiary/aromatic N) is 2. The molecule has 1 atom stereocenters. The van der Waals surface area contributed by atoms with Crippen molar-refractivity contribution in [2.75, 3.05) is 26.9 Å². The van der Waals surface area contributed by atoms with Gasteiger partial charge >= 0.3 is 0 Å². The minimum Gasteiger partial charge on any atom is -0.507 e. The number of pyridine rings is 1. The average Bonchev–Trinajstić information content (AvgIpc) is 3.03. The Labute approximate surface area is 175 Å². The van der Waals surface area contributed by atoms with Crippen LogP contribution in [-0.2, 0) is 14.3 Å². The third kappa shape index (κ3) is 4.52. The highest BCUT2D eigenvalue weighted by Gasteiger charge is 2.45. The van der Waals surface area contributed by atoms with Crippen LogP contribution < -0.4 is 4.74 Å². The zero-order valence-corrected chi connectivity index (χ0v) is 17.2. The Balaban J connectivity index is 2.08. The standard InChI is InChI=1S/C23H26N2O5/c1-3-13-30-18-7-4-6-17(15-18)20-19(21(26)16-8-10-24-11-9-16)22(27)23(28)25(20)12-5-14-29-2/h4,6-11,15,20,26H,3,5,12-14H2,1-2H3. The van der Waals surface area contributed by atoms with Gasteiger partial charge in [0, 0.05) is 38.2 Å². The summed E-state index contributed by atoms with van der Waals surface area (Å²) in [7, 11) is 1.59. The van der Waals surface area contributed by atoms with Gasteiger partial charge in [0.05, 0.1) is 18.2 Å². The molecule has 1 aromatic heterocycles. The summed E-state index contributed by atoms with van der Waals surface area (Å²) in [5.41, 5.74) is 1.20. The van der Waals surface area contributed by atoms with E-state index in [-0.39, 0.29) is 11.3 Å². The first-order valence-corrected chi connectivity index (χ1v) is 9.99. The molecule has 1 aromatic carbocycles. The number of aromatic nitrogens is 1. The van der Waals surface area contributed by atoms with Crippen LogP contribution in [0.25, 0.3) is 5.76 Å². The summed E-state index contributed by atoms with van der Waals surface area (Å²) in [5.74, 6) is -0.895. The predicted molar refractivity (Wildman–Crippen MR) is 112 cm³/mol. The van der Waals surface area contributed by atoms with Crippen molar-refractivity contribution in [1.29, 1.82) is 0 Å². The van der Waals surface area contributed by atoms with E-state index < -0.39 is 17.7 Å². The zero-order chi connectivity index (χ0) is 21.5. The van der Waals surface area contributed by atoms with Gasteiger partial charge in [-0.05, 0) is 42.7 Å². The molecule has 2 heterocycles. The number of Topliss-reactive ketones (excluding diaryl/α,β-unsaturated/α-hetero) is 1. The second-order valence-corrected chi connectivity index (χ2v) is 7.00. The molecular formula is C23H26N2O5. The molecule has 0 spiro atoms. The highest BCUT2D eigenvalue weighted by atomic mass is 16.5. The fraction of sp³-hybridized carbons (Fsp3) is 0.348. The molecule has 1 aliphatic rings. The van der Waals surface area contributed by atoms with Gasteiger partial charge in [-0.1, -0.05) is 19.1 Å². The number of carbonyl (C=O) groups excluding carboxylic acids is 2. The molecule has 7 heteroatoms. The van der Waals surface area contributed by atoms with Gasteiger partial charge in [0.2, 0.25) is 0 Å². The second kappa shape index (κ2) is 10.0. The van der Waals surface area contributed by atoms with Crippen molar-refractivity contribution >= 4 is 17.4 Å². The molecule has 0 radical (unpaired) electrons. The van der Waals surface area contributed by atoms with E-state index in [0.717, 1.165) is 6.42 Å². The van der Waals surface area contributed by atoms with Gasteiger partial charge in [0.15, 0.2) is 0 Å². The second-order valence-electron chi connectivity index (χ2n) is 7.00.